The van der Waals surface area contributed by atoms with Crippen LogP contribution in [0.25, 0.3) is 11.3 Å². The molecule has 0 aliphatic carbocycles. The molecule has 0 amide bonds. The molecule has 0 saturated carbocycles. The van der Waals surface area contributed by atoms with E-state index in [9.17, 15) is 0 Å². The van der Waals surface area contributed by atoms with E-state index >= 15 is 0 Å². The van der Waals surface area contributed by atoms with E-state index in [0.29, 0.717) is 24.6 Å². The summed E-state index contributed by atoms with van der Waals surface area (Å²) < 4.78 is 9.67. The lowest BCUT2D eigenvalue weighted by molar-refractivity contribution is 0.337. The summed E-state index contributed by atoms with van der Waals surface area (Å²) in [6, 6.07) is 1.89. The molecule has 0 saturated heterocycles. The summed E-state index contributed by atoms with van der Waals surface area (Å²) in [5, 5.41) is 8.88. The van der Waals surface area contributed by atoms with Gasteiger partial charge in [0.05, 0.1) is 41.6 Å². The van der Waals surface area contributed by atoms with E-state index in [2.05, 4.69) is 33.2 Å². The maximum atomic E-state index is 5.48. The van der Waals surface area contributed by atoms with Gasteiger partial charge in [-0.25, -0.2) is 14.6 Å². The highest BCUT2D eigenvalue weighted by molar-refractivity contribution is 7.71. The number of aryl methyl sites for hydroxylation is 1. The molecule has 7 nitrogen and oxygen atoms in total. The fourth-order valence-corrected chi connectivity index (χ4v) is 2.98. The van der Waals surface area contributed by atoms with Gasteiger partial charge in [-0.2, -0.15) is 10.2 Å². The molecule has 0 spiro atoms. The number of ether oxygens (including phenoxy) is 1. The van der Waals surface area contributed by atoms with E-state index in [1.807, 2.05) is 45.4 Å². The second-order valence-electron chi connectivity index (χ2n) is 6.53. The zero-order valence-corrected chi connectivity index (χ0v) is 17.8. The first-order valence-corrected chi connectivity index (χ1v) is 9.77. The van der Waals surface area contributed by atoms with Gasteiger partial charge in [0.15, 0.2) is 11.6 Å². The Morgan fingerprint density at radius 2 is 2.00 bits per heavy atom. The molecule has 3 aromatic heterocycles. The van der Waals surface area contributed by atoms with Crippen LogP contribution in [-0.2, 0) is 13.5 Å². The lowest BCUT2D eigenvalue weighted by Gasteiger charge is -2.08. The molecule has 0 bridgehead atoms. The molecule has 0 unspecified atom stereocenters. The first-order chi connectivity index (χ1) is 14.0. The number of nitrogens with zero attached hydrogens (tertiary/aromatic N) is 6. The minimum Gasteiger partial charge on any atom is -0.491 e. The van der Waals surface area contributed by atoms with Crippen LogP contribution in [0.15, 0.2) is 54.8 Å². The molecule has 0 aliphatic heterocycles. The van der Waals surface area contributed by atoms with Gasteiger partial charge in [-0.3, -0.25) is 4.68 Å². The van der Waals surface area contributed by atoms with Gasteiger partial charge in [0.2, 0.25) is 0 Å². The SMILES string of the molecule is CC=C(C=C(C)Cc1nn(-c2cnn(C)c2)ccc1=S)c1ncc(OCC)cn1. The monoisotopic (exact) mass is 408 g/mol. The molecular weight excluding hydrogens is 384 g/mol. The maximum absolute atomic E-state index is 5.48. The molecule has 29 heavy (non-hydrogen) atoms. The van der Waals surface area contributed by atoms with Crippen LogP contribution in [0.4, 0.5) is 0 Å². The summed E-state index contributed by atoms with van der Waals surface area (Å²) in [5.74, 6) is 1.32. The highest BCUT2D eigenvalue weighted by Gasteiger charge is 2.07. The molecule has 3 heterocycles. The number of aromatic nitrogens is 6. The van der Waals surface area contributed by atoms with Gasteiger partial charge in [-0.15, -0.1) is 0 Å². The van der Waals surface area contributed by atoms with Crippen molar-refractivity contribution in [1.82, 2.24) is 29.5 Å². The largest absolute Gasteiger partial charge is 0.491 e. The van der Waals surface area contributed by atoms with Gasteiger partial charge in [0, 0.05) is 25.2 Å². The average Bonchev–Trinajstić information content (AvgIpc) is 3.15. The Morgan fingerprint density at radius 3 is 2.62 bits per heavy atom. The summed E-state index contributed by atoms with van der Waals surface area (Å²) in [4.78, 5) is 8.81. The van der Waals surface area contributed by atoms with Crippen LogP contribution in [0.2, 0.25) is 0 Å². The topological polar surface area (TPSA) is 70.7 Å². The number of rotatable bonds is 7. The van der Waals surface area contributed by atoms with Crippen molar-refractivity contribution in [3.8, 4) is 11.4 Å². The number of hydrogen-bond acceptors (Lipinski definition) is 6. The Hall–Kier alpha value is -3.13. The van der Waals surface area contributed by atoms with Crippen molar-refractivity contribution in [2.45, 2.75) is 27.2 Å². The Labute approximate surface area is 175 Å². The van der Waals surface area contributed by atoms with E-state index in [1.165, 1.54) is 0 Å². The van der Waals surface area contributed by atoms with E-state index in [-0.39, 0.29) is 0 Å². The molecular formula is C21H24N6OS. The van der Waals surface area contributed by atoms with Crippen molar-refractivity contribution in [3.05, 3.63) is 70.8 Å². The fourth-order valence-electron chi connectivity index (χ4n) is 2.80. The first-order valence-electron chi connectivity index (χ1n) is 9.36. The van der Waals surface area contributed by atoms with Gasteiger partial charge >= 0.3 is 0 Å². The molecule has 0 fully saturated rings. The third-order valence-electron chi connectivity index (χ3n) is 4.19. The van der Waals surface area contributed by atoms with Crippen molar-refractivity contribution in [2.75, 3.05) is 6.61 Å². The minimum absolute atomic E-state index is 0.588. The second kappa shape index (κ2) is 9.38. The predicted molar refractivity (Wildman–Crippen MR) is 115 cm³/mol. The molecule has 0 N–H and O–H groups in total. The molecule has 8 heteroatoms. The van der Waals surface area contributed by atoms with Crippen molar-refractivity contribution in [1.29, 1.82) is 0 Å². The van der Waals surface area contributed by atoms with Gasteiger partial charge in [0.1, 0.15) is 5.69 Å². The van der Waals surface area contributed by atoms with Crippen LogP contribution < -0.4 is 4.74 Å². The number of hydrogen-bond donors (Lipinski definition) is 0. The second-order valence-corrected chi connectivity index (χ2v) is 6.97. The zero-order chi connectivity index (χ0) is 20.8. The lowest BCUT2D eigenvalue weighted by Crippen LogP contribution is -2.05. The number of allylic oxidation sites excluding steroid dienone is 4. The summed E-state index contributed by atoms with van der Waals surface area (Å²) in [7, 11) is 1.88. The van der Waals surface area contributed by atoms with Gasteiger partial charge in [-0.05, 0) is 26.8 Å². The quantitative estimate of drug-likeness (QED) is 0.433. The van der Waals surface area contributed by atoms with Crippen LogP contribution in [0, 0.1) is 4.51 Å². The Balaban J connectivity index is 1.82. The van der Waals surface area contributed by atoms with Crippen molar-refractivity contribution in [2.24, 2.45) is 7.05 Å². The molecule has 0 atom stereocenters. The highest BCUT2D eigenvalue weighted by atomic mass is 32.1. The van der Waals surface area contributed by atoms with Crippen LogP contribution in [-0.4, -0.2) is 36.1 Å². The first kappa shape index (κ1) is 20.6. The Bertz CT molecular complexity index is 1090. The Kier molecular flexibility index (Phi) is 6.66. The molecule has 3 rings (SSSR count). The highest BCUT2D eigenvalue weighted by Crippen LogP contribution is 2.18. The van der Waals surface area contributed by atoms with E-state index in [4.69, 9.17) is 17.0 Å². The molecule has 0 aromatic carbocycles. The van der Waals surface area contributed by atoms with Crippen LogP contribution in [0.5, 0.6) is 5.75 Å². The van der Waals surface area contributed by atoms with Crippen LogP contribution >= 0.6 is 12.2 Å². The van der Waals surface area contributed by atoms with E-state index in [0.717, 1.165) is 27.0 Å². The predicted octanol–water partition coefficient (Wildman–Crippen LogP) is 4.12. The maximum Gasteiger partial charge on any atom is 0.159 e. The smallest absolute Gasteiger partial charge is 0.159 e. The zero-order valence-electron chi connectivity index (χ0n) is 17.0. The summed E-state index contributed by atoms with van der Waals surface area (Å²) in [5.41, 5.74) is 3.77. The van der Waals surface area contributed by atoms with Crippen molar-refractivity contribution in [3.63, 3.8) is 0 Å². The third-order valence-corrected chi connectivity index (χ3v) is 4.56. The standard InChI is InChI=1S/C21H24N6OS/c1-5-16(21-22-12-18(13-23-21)28-6-2)9-15(3)10-19-20(29)7-8-27(25-19)17-11-24-26(4)14-17/h5,7-9,11-14H,6,10H2,1-4H3. The average molecular weight is 409 g/mol. The Morgan fingerprint density at radius 1 is 1.24 bits per heavy atom. The minimum atomic E-state index is 0.588. The molecule has 150 valence electrons. The summed E-state index contributed by atoms with van der Waals surface area (Å²) in [6.07, 6.45) is 13.6. The van der Waals surface area contributed by atoms with Crippen LogP contribution in [0.3, 0.4) is 0 Å². The van der Waals surface area contributed by atoms with Crippen molar-refractivity contribution >= 4 is 17.8 Å². The van der Waals surface area contributed by atoms with Crippen LogP contribution in [0.1, 0.15) is 32.3 Å². The van der Waals surface area contributed by atoms with Gasteiger partial charge < -0.3 is 4.74 Å². The van der Waals surface area contributed by atoms with Gasteiger partial charge in [-0.1, -0.05) is 29.9 Å². The third kappa shape index (κ3) is 5.23. The van der Waals surface area contributed by atoms with E-state index in [1.54, 1.807) is 28.0 Å². The molecule has 0 radical (unpaired) electrons. The molecule has 3 aromatic rings. The van der Waals surface area contributed by atoms with E-state index < -0.39 is 0 Å². The lowest BCUT2D eigenvalue weighted by atomic mass is 10.1. The summed E-state index contributed by atoms with van der Waals surface area (Å²) in [6.45, 7) is 6.54. The van der Waals surface area contributed by atoms with Crippen molar-refractivity contribution < 1.29 is 4.74 Å². The molecule has 0 aliphatic rings. The normalized spacial score (nSPS) is 12.3. The fraction of sp³-hybridized carbons (Fsp3) is 0.286. The summed E-state index contributed by atoms with van der Waals surface area (Å²) >= 11 is 5.48. The van der Waals surface area contributed by atoms with Gasteiger partial charge in [0.25, 0.3) is 0 Å².